The number of carbonyl (C=O) groups is 2. The van der Waals surface area contributed by atoms with Crippen LogP contribution < -0.4 is 5.32 Å². The maximum absolute atomic E-state index is 14.3. The molecule has 0 saturated carbocycles. The van der Waals surface area contributed by atoms with Gasteiger partial charge in [0.15, 0.2) is 0 Å². The zero-order valence-corrected chi connectivity index (χ0v) is 19.3. The molecular weight excluding hydrogens is 401 g/mol. The van der Waals surface area contributed by atoms with E-state index in [1.54, 1.807) is 52.5 Å². The highest BCUT2D eigenvalue weighted by Crippen LogP contribution is 2.25. The van der Waals surface area contributed by atoms with Crippen LogP contribution in [0.25, 0.3) is 5.57 Å². The molecule has 0 fully saturated rings. The number of aryl methyl sites for hydroxylation is 1. The van der Waals surface area contributed by atoms with E-state index in [1.807, 2.05) is 19.1 Å². The standard InChI is InChI=1S/C23H32FN3O4/c1-15-8-9-17(18(24)14-15)16-10-12-27(13-11-16)19(25-20(28)30-22(2,3)4)26-21(29)31-23(5,6)7/h8-10,14H,11-13H2,1-7H3,(H,25,26,28,29). The predicted octanol–water partition coefficient (Wildman–Crippen LogP) is 5.04. The molecule has 0 spiro atoms. The van der Waals surface area contributed by atoms with Crippen molar-refractivity contribution >= 4 is 23.7 Å². The number of rotatable bonds is 1. The smallest absolute Gasteiger partial charge is 0.437 e. The molecule has 31 heavy (non-hydrogen) atoms. The number of aliphatic imine (C=N–C) groups is 1. The van der Waals surface area contributed by atoms with Crippen molar-refractivity contribution in [3.8, 4) is 0 Å². The maximum atomic E-state index is 14.3. The topological polar surface area (TPSA) is 80.2 Å². The number of hydrogen-bond acceptors (Lipinski definition) is 4. The third kappa shape index (κ3) is 8.03. The van der Waals surface area contributed by atoms with E-state index in [0.717, 1.165) is 11.1 Å². The van der Waals surface area contributed by atoms with Gasteiger partial charge in [-0.25, -0.2) is 14.0 Å². The highest BCUT2D eigenvalue weighted by molar-refractivity contribution is 5.99. The first-order valence-electron chi connectivity index (χ1n) is 10.3. The van der Waals surface area contributed by atoms with Gasteiger partial charge in [-0.1, -0.05) is 18.2 Å². The highest BCUT2D eigenvalue weighted by atomic mass is 19.1. The molecule has 170 valence electrons. The summed E-state index contributed by atoms with van der Waals surface area (Å²) in [5.41, 5.74) is 0.834. The van der Waals surface area contributed by atoms with Gasteiger partial charge in [0.1, 0.15) is 17.0 Å². The normalized spacial score (nSPS) is 15.3. The zero-order valence-electron chi connectivity index (χ0n) is 19.3. The van der Waals surface area contributed by atoms with Crippen LogP contribution in [0.4, 0.5) is 14.0 Å². The lowest BCUT2D eigenvalue weighted by Crippen LogP contribution is -2.48. The van der Waals surface area contributed by atoms with Crippen molar-refractivity contribution in [3.63, 3.8) is 0 Å². The quantitative estimate of drug-likeness (QED) is 0.496. The van der Waals surface area contributed by atoms with Gasteiger partial charge in [-0.05, 0) is 72.1 Å². The number of benzene rings is 1. The SMILES string of the molecule is Cc1ccc(C2=CCN(C(=NC(=O)OC(C)(C)C)NC(=O)OC(C)(C)C)CC2)c(F)c1. The second kappa shape index (κ2) is 9.49. The average molecular weight is 434 g/mol. The lowest BCUT2D eigenvalue weighted by molar-refractivity contribution is 0.0555. The molecule has 0 aromatic heterocycles. The summed E-state index contributed by atoms with van der Waals surface area (Å²) in [4.78, 5) is 30.2. The Hall–Kier alpha value is -2.90. The first-order chi connectivity index (χ1) is 14.2. The van der Waals surface area contributed by atoms with Crippen LogP contribution in [0, 0.1) is 12.7 Å². The number of ether oxygens (including phenoxy) is 2. The molecule has 0 radical (unpaired) electrons. The Labute approximate surface area is 183 Å². The molecule has 8 heteroatoms. The molecule has 2 rings (SSSR count). The van der Waals surface area contributed by atoms with Crippen LogP contribution >= 0.6 is 0 Å². The predicted molar refractivity (Wildman–Crippen MR) is 118 cm³/mol. The summed E-state index contributed by atoms with van der Waals surface area (Å²) in [6.45, 7) is 13.0. The number of alkyl carbamates (subject to hydrolysis) is 1. The van der Waals surface area contributed by atoms with Crippen molar-refractivity contribution in [1.29, 1.82) is 0 Å². The molecule has 0 saturated heterocycles. The van der Waals surface area contributed by atoms with E-state index in [-0.39, 0.29) is 11.8 Å². The van der Waals surface area contributed by atoms with E-state index < -0.39 is 23.4 Å². The Balaban J connectivity index is 2.22. The van der Waals surface area contributed by atoms with Gasteiger partial charge in [-0.2, -0.15) is 0 Å². The average Bonchev–Trinajstić information content (AvgIpc) is 2.58. The molecular formula is C23H32FN3O4. The second-order valence-electron chi connectivity index (χ2n) is 9.45. The molecule has 1 heterocycles. The van der Waals surface area contributed by atoms with Gasteiger partial charge >= 0.3 is 12.2 Å². The molecule has 0 unspecified atom stereocenters. The second-order valence-corrected chi connectivity index (χ2v) is 9.45. The molecule has 1 aliphatic rings. The summed E-state index contributed by atoms with van der Waals surface area (Å²) in [5.74, 6) is -0.239. The van der Waals surface area contributed by atoms with Crippen molar-refractivity contribution < 1.29 is 23.5 Å². The lowest BCUT2D eigenvalue weighted by atomic mass is 9.98. The van der Waals surface area contributed by atoms with Crippen LogP contribution in [0.15, 0.2) is 29.3 Å². The fraction of sp³-hybridized carbons (Fsp3) is 0.522. The van der Waals surface area contributed by atoms with E-state index in [0.29, 0.717) is 25.1 Å². The Morgan fingerprint density at radius 1 is 1.10 bits per heavy atom. The summed E-state index contributed by atoms with van der Waals surface area (Å²) in [6.07, 6.45) is 0.828. The van der Waals surface area contributed by atoms with Crippen LogP contribution in [0.3, 0.4) is 0 Å². The Morgan fingerprint density at radius 2 is 1.74 bits per heavy atom. The lowest BCUT2D eigenvalue weighted by Gasteiger charge is -2.30. The van der Waals surface area contributed by atoms with Gasteiger partial charge < -0.3 is 14.4 Å². The van der Waals surface area contributed by atoms with Crippen LogP contribution in [-0.4, -0.2) is 47.3 Å². The third-order valence-corrected chi connectivity index (χ3v) is 4.18. The summed E-state index contributed by atoms with van der Waals surface area (Å²) >= 11 is 0. The molecule has 0 atom stereocenters. The fourth-order valence-electron chi connectivity index (χ4n) is 2.93. The van der Waals surface area contributed by atoms with Crippen LogP contribution in [0.2, 0.25) is 0 Å². The van der Waals surface area contributed by atoms with Gasteiger partial charge in [0.2, 0.25) is 5.96 Å². The Morgan fingerprint density at radius 3 is 2.26 bits per heavy atom. The Bertz CT molecular complexity index is 895. The monoisotopic (exact) mass is 433 g/mol. The summed E-state index contributed by atoms with van der Waals surface area (Å²) in [6, 6.07) is 5.13. The van der Waals surface area contributed by atoms with Gasteiger partial charge in [0, 0.05) is 18.7 Å². The van der Waals surface area contributed by atoms with Crippen molar-refractivity contribution in [1.82, 2.24) is 10.2 Å². The highest BCUT2D eigenvalue weighted by Gasteiger charge is 2.25. The number of carbonyl (C=O) groups excluding carboxylic acids is 2. The molecule has 1 N–H and O–H groups in total. The number of hydrogen-bond donors (Lipinski definition) is 1. The van der Waals surface area contributed by atoms with E-state index >= 15 is 0 Å². The van der Waals surface area contributed by atoms with Crippen LogP contribution in [0.5, 0.6) is 0 Å². The summed E-state index contributed by atoms with van der Waals surface area (Å²) < 4.78 is 24.9. The number of guanidine groups is 1. The van der Waals surface area contributed by atoms with Gasteiger partial charge in [0.05, 0.1) is 0 Å². The van der Waals surface area contributed by atoms with Gasteiger partial charge in [0.25, 0.3) is 0 Å². The zero-order chi connectivity index (χ0) is 23.4. The maximum Gasteiger partial charge on any atom is 0.437 e. The van der Waals surface area contributed by atoms with Crippen LogP contribution in [0.1, 0.15) is 59.1 Å². The molecule has 0 bridgehead atoms. The molecule has 7 nitrogen and oxygen atoms in total. The van der Waals surface area contributed by atoms with Crippen molar-refractivity contribution in [2.24, 2.45) is 4.99 Å². The van der Waals surface area contributed by atoms with Gasteiger partial charge in [-0.15, -0.1) is 4.99 Å². The minimum absolute atomic E-state index is 0.0307. The van der Waals surface area contributed by atoms with E-state index in [2.05, 4.69) is 10.3 Å². The number of amides is 2. The van der Waals surface area contributed by atoms with E-state index in [1.165, 1.54) is 6.07 Å². The molecule has 1 aliphatic heterocycles. The fourth-order valence-corrected chi connectivity index (χ4v) is 2.93. The number of halogens is 1. The minimum atomic E-state index is -0.821. The third-order valence-electron chi connectivity index (χ3n) is 4.18. The first kappa shape index (κ1) is 24.4. The molecule has 1 aromatic carbocycles. The van der Waals surface area contributed by atoms with Crippen molar-refractivity contribution in [3.05, 3.63) is 41.2 Å². The first-order valence-corrected chi connectivity index (χ1v) is 10.3. The molecule has 2 amide bonds. The van der Waals surface area contributed by atoms with Gasteiger partial charge in [-0.3, -0.25) is 5.32 Å². The van der Waals surface area contributed by atoms with E-state index in [9.17, 15) is 14.0 Å². The van der Waals surface area contributed by atoms with Crippen molar-refractivity contribution in [2.75, 3.05) is 13.1 Å². The number of nitrogens with zero attached hydrogens (tertiary/aromatic N) is 2. The summed E-state index contributed by atoms with van der Waals surface area (Å²) in [5, 5.41) is 2.54. The minimum Gasteiger partial charge on any atom is -0.444 e. The molecule has 0 aliphatic carbocycles. The number of nitrogens with one attached hydrogen (secondary N) is 1. The van der Waals surface area contributed by atoms with Crippen LogP contribution in [-0.2, 0) is 9.47 Å². The van der Waals surface area contributed by atoms with E-state index in [4.69, 9.17) is 9.47 Å². The Kier molecular flexibility index (Phi) is 7.46. The largest absolute Gasteiger partial charge is 0.444 e. The van der Waals surface area contributed by atoms with Crippen molar-refractivity contribution in [2.45, 2.75) is 66.1 Å². The molecule has 1 aromatic rings. The summed E-state index contributed by atoms with van der Waals surface area (Å²) in [7, 11) is 0.